The Morgan fingerprint density at radius 2 is 2.00 bits per heavy atom. The standard InChI is InChI=1S/C12H13ClN2O2/c13-11-3-1-9(2-4-11)8-15-12(17)10(5-6-16)7-14-15/h1-4,7,14,16H,5-6,8H2. The Morgan fingerprint density at radius 3 is 2.65 bits per heavy atom. The average molecular weight is 253 g/mol. The fourth-order valence-corrected chi connectivity index (χ4v) is 1.76. The first kappa shape index (κ1) is 12.0. The van der Waals surface area contributed by atoms with Gasteiger partial charge >= 0.3 is 0 Å². The molecule has 0 amide bonds. The van der Waals surface area contributed by atoms with E-state index >= 15 is 0 Å². The van der Waals surface area contributed by atoms with Gasteiger partial charge in [-0.3, -0.25) is 4.79 Å². The molecule has 0 bridgehead atoms. The third-order valence-electron chi connectivity index (χ3n) is 2.55. The van der Waals surface area contributed by atoms with Gasteiger partial charge in [0.1, 0.15) is 0 Å². The fraction of sp³-hybridized carbons (Fsp3) is 0.250. The molecule has 0 spiro atoms. The summed E-state index contributed by atoms with van der Waals surface area (Å²) >= 11 is 5.79. The van der Waals surface area contributed by atoms with Crippen LogP contribution in [0.25, 0.3) is 0 Å². The van der Waals surface area contributed by atoms with E-state index in [1.54, 1.807) is 18.3 Å². The Morgan fingerprint density at radius 1 is 1.29 bits per heavy atom. The minimum atomic E-state index is -0.0889. The molecule has 0 aliphatic rings. The van der Waals surface area contributed by atoms with Gasteiger partial charge < -0.3 is 10.2 Å². The van der Waals surface area contributed by atoms with E-state index in [9.17, 15) is 4.79 Å². The van der Waals surface area contributed by atoms with Gasteiger partial charge in [0, 0.05) is 29.8 Å². The summed E-state index contributed by atoms with van der Waals surface area (Å²) in [7, 11) is 0. The lowest BCUT2D eigenvalue weighted by molar-refractivity contribution is 0.299. The van der Waals surface area contributed by atoms with Crippen LogP contribution in [0.2, 0.25) is 5.02 Å². The van der Waals surface area contributed by atoms with Crippen LogP contribution in [0.4, 0.5) is 0 Å². The first-order valence-electron chi connectivity index (χ1n) is 5.33. The Balaban J connectivity index is 2.19. The molecule has 2 N–H and O–H groups in total. The molecule has 2 aromatic rings. The molecule has 0 fully saturated rings. The van der Waals surface area contributed by atoms with Crippen LogP contribution in [0.1, 0.15) is 11.1 Å². The quantitative estimate of drug-likeness (QED) is 0.865. The lowest BCUT2D eigenvalue weighted by Gasteiger charge is -2.01. The fourth-order valence-electron chi connectivity index (χ4n) is 1.64. The van der Waals surface area contributed by atoms with Gasteiger partial charge in [0.25, 0.3) is 5.56 Å². The number of H-pyrrole nitrogens is 1. The van der Waals surface area contributed by atoms with Crippen molar-refractivity contribution in [2.45, 2.75) is 13.0 Å². The summed E-state index contributed by atoms with van der Waals surface area (Å²) in [5, 5.41) is 12.4. The normalized spacial score (nSPS) is 10.7. The van der Waals surface area contributed by atoms with Crippen LogP contribution in [-0.4, -0.2) is 21.5 Å². The third-order valence-corrected chi connectivity index (χ3v) is 2.80. The molecule has 0 unspecified atom stereocenters. The van der Waals surface area contributed by atoms with Crippen LogP contribution in [0.3, 0.4) is 0 Å². The first-order valence-corrected chi connectivity index (χ1v) is 5.71. The van der Waals surface area contributed by atoms with E-state index in [1.165, 1.54) is 4.68 Å². The summed E-state index contributed by atoms with van der Waals surface area (Å²) in [5.41, 5.74) is 1.50. The molecule has 1 aromatic heterocycles. The second-order valence-electron chi connectivity index (χ2n) is 3.79. The number of aliphatic hydroxyl groups excluding tert-OH is 1. The van der Waals surface area contributed by atoms with Gasteiger partial charge in [-0.15, -0.1) is 0 Å². The van der Waals surface area contributed by atoms with Gasteiger partial charge in [0.05, 0.1) is 6.54 Å². The summed E-state index contributed by atoms with van der Waals surface area (Å²) in [4.78, 5) is 11.8. The zero-order valence-electron chi connectivity index (χ0n) is 9.19. The predicted octanol–water partition coefficient (Wildman–Crippen LogP) is 1.41. The minimum Gasteiger partial charge on any atom is -0.396 e. The summed E-state index contributed by atoms with van der Waals surface area (Å²) in [5.74, 6) is 0. The number of benzene rings is 1. The van der Waals surface area contributed by atoms with Crippen molar-refractivity contribution < 1.29 is 5.11 Å². The maximum absolute atomic E-state index is 11.8. The molecule has 0 saturated heterocycles. The van der Waals surface area contributed by atoms with Crippen LogP contribution < -0.4 is 5.56 Å². The molecule has 0 atom stereocenters. The molecular weight excluding hydrogens is 240 g/mol. The van der Waals surface area contributed by atoms with E-state index in [0.29, 0.717) is 23.6 Å². The Kier molecular flexibility index (Phi) is 3.66. The predicted molar refractivity (Wildman–Crippen MR) is 66.4 cm³/mol. The van der Waals surface area contributed by atoms with Crippen molar-refractivity contribution in [2.24, 2.45) is 0 Å². The smallest absolute Gasteiger partial charge is 0.270 e. The van der Waals surface area contributed by atoms with E-state index in [2.05, 4.69) is 5.10 Å². The van der Waals surface area contributed by atoms with Crippen LogP contribution in [0.5, 0.6) is 0 Å². The van der Waals surface area contributed by atoms with Crippen molar-refractivity contribution >= 4 is 11.6 Å². The van der Waals surface area contributed by atoms with E-state index < -0.39 is 0 Å². The number of hydrogen-bond donors (Lipinski definition) is 2. The maximum Gasteiger partial charge on any atom is 0.270 e. The van der Waals surface area contributed by atoms with Crippen LogP contribution in [0.15, 0.2) is 35.3 Å². The number of rotatable bonds is 4. The summed E-state index contributed by atoms with van der Waals surface area (Å²) in [6.07, 6.45) is 2.01. The highest BCUT2D eigenvalue weighted by atomic mass is 35.5. The van der Waals surface area contributed by atoms with E-state index in [-0.39, 0.29) is 12.2 Å². The molecule has 1 heterocycles. The van der Waals surface area contributed by atoms with Crippen molar-refractivity contribution in [2.75, 3.05) is 6.61 Å². The monoisotopic (exact) mass is 252 g/mol. The topological polar surface area (TPSA) is 58.0 Å². The molecule has 0 radical (unpaired) electrons. The molecule has 0 aliphatic heterocycles. The SMILES string of the molecule is O=c1c(CCO)c[nH]n1Cc1ccc(Cl)cc1. The van der Waals surface area contributed by atoms with Crippen molar-refractivity contribution in [1.29, 1.82) is 0 Å². The zero-order valence-corrected chi connectivity index (χ0v) is 9.94. The van der Waals surface area contributed by atoms with Crippen LogP contribution in [0, 0.1) is 0 Å². The largest absolute Gasteiger partial charge is 0.396 e. The molecule has 0 saturated carbocycles. The number of halogens is 1. The molecule has 17 heavy (non-hydrogen) atoms. The minimum absolute atomic E-state index is 0.0198. The summed E-state index contributed by atoms with van der Waals surface area (Å²) in [6, 6.07) is 7.33. The highest BCUT2D eigenvalue weighted by Gasteiger charge is 2.05. The highest BCUT2D eigenvalue weighted by Crippen LogP contribution is 2.09. The first-order chi connectivity index (χ1) is 8.20. The molecule has 2 rings (SSSR count). The van der Waals surface area contributed by atoms with Crippen molar-refractivity contribution in [1.82, 2.24) is 9.78 Å². The number of nitrogens with zero attached hydrogens (tertiary/aromatic N) is 1. The Hall–Kier alpha value is -1.52. The van der Waals surface area contributed by atoms with Crippen molar-refractivity contribution in [3.05, 3.63) is 57.0 Å². The van der Waals surface area contributed by atoms with Gasteiger partial charge in [-0.25, -0.2) is 4.68 Å². The third kappa shape index (κ3) is 2.78. The van der Waals surface area contributed by atoms with Gasteiger partial charge in [0.15, 0.2) is 0 Å². The number of nitrogens with one attached hydrogen (secondary N) is 1. The molecular formula is C12H13ClN2O2. The number of aromatic nitrogens is 2. The van der Waals surface area contributed by atoms with Crippen LogP contribution >= 0.6 is 11.6 Å². The Labute approximate surface area is 103 Å². The highest BCUT2D eigenvalue weighted by molar-refractivity contribution is 6.30. The lowest BCUT2D eigenvalue weighted by atomic mass is 10.2. The van der Waals surface area contributed by atoms with Crippen molar-refractivity contribution in [3.8, 4) is 0 Å². The van der Waals surface area contributed by atoms with E-state index in [4.69, 9.17) is 16.7 Å². The maximum atomic E-state index is 11.8. The van der Waals surface area contributed by atoms with Gasteiger partial charge in [-0.1, -0.05) is 23.7 Å². The number of hydrogen-bond acceptors (Lipinski definition) is 2. The average Bonchev–Trinajstić information content (AvgIpc) is 2.65. The number of aromatic amines is 1. The van der Waals surface area contributed by atoms with Crippen molar-refractivity contribution in [3.63, 3.8) is 0 Å². The van der Waals surface area contributed by atoms with Gasteiger partial charge in [-0.2, -0.15) is 0 Å². The van der Waals surface area contributed by atoms with E-state index in [0.717, 1.165) is 5.56 Å². The van der Waals surface area contributed by atoms with Crippen LogP contribution in [-0.2, 0) is 13.0 Å². The molecule has 4 nitrogen and oxygen atoms in total. The second kappa shape index (κ2) is 5.21. The molecule has 0 aliphatic carbocycles. The molecule has 5 heteroatoms. The number of aliphatic hydroxyl groups is 1. The van der Waals surface area contributed by atoms with Gasteiger partial charge in [0.2, 0.25) is 0 Å². The second-order valence-corrected chi connectivity index (χ2v) is 4.23. The Bertz CT molecular complexity index is 542. The molecule has 1 aromatic carbocycles. The lowest BCUT2D eigenvalue weighted by Crippen LogP contribution is -2.20. The summed E-state index contributed by atoms with van der Waals surface area (Å²) < 4.78 is 1.51. The zero-order chi connectivity index (χ0) is 12.3. The molecule has 90 valence electrons. The van der Waals surface area contributed by atoms with E-state index in [1.807, 2.05) is 12.1 Å². The summed E-state index contributed by atoms with van der Waals surface area (Å²) in [6.45, 7) is 0.454. The van der Waals surface area contributed by atoms with Gasteiger partial charge in [-0.05, 0) is 17.7 Å².